The zero-order valence-electron chi connectivity index (χ0n) is 14.0. The Morgan fingerprint density at radius 1 is 1.27 bits per heavy atom. The van der Waals surface area contributed by atoms with Crippen LogP contribution in [0.25, 0.3) is 0 Å². The standard InChI is InChI=1S/C17H14BrCl2F3N2O/c1-15(2,3)14(26)25-13(20)11(8-24)12(18)16(25,17(21,22)23)9-4-6-10(19)7-5-9/h4-7,13H,1-3H3. The molecule has 0 bridgehead atoms. The Bertz CT molecular complexity index is 809. The van der Waals surface area contributed by atoms with E-state index in [1.807, 2.05) is 0 Å². The van der Waals surface area contributed by atoms with E-state index in [1.165, 1.54) is 45.0 Å². The maximum atomic E-state index is 14.5. The third-order valence-corrected chi connectivity index (χ3v) is 5.70. The highest BCUT2D eigenvalue weighted by Crippen LogP contribution is 2.59. The van der Waals surface area contributed by atoms with E-state index in [0.717, 1.165) is 0 Å². The van der Waals surface area contributed by atoms with Gasteiger partial charge in [-0.25, -0.2) is 0 Å². The first kappa shape index (κ1) is 21.1. The van der Waals surface area contributed by atoms with Gasteiger partial charge in [-0.3, -0.25) is 9.69 Å². The fourth-order valence-corrected chi connectivity index (χ4v) is 4.41. The number of nitrogens with zero attached hydrogens (tertiary/aromatic N) is 2. The molecule has 0 saturated heterocycles. The molecule has 26 heavy (non-hydrogen) atoms. The van der Waals surface area contributed by atoms with Crippen LogP contribution in [0.15, 0.2) is 34.3 Å². The highest BCUT2D eigenvalue weighted by Gasteiger charge is 2.69. The topological polar surface area (TPSA) is 44.1 Å². The second-order valence-corrected chi connectivity index (χ2v) is 8.46. The van der Waals surface area contributed by atoms with Crippen molar-refractivity contribution in [2.24, 2.45) is 5.41 Å². The third kappa shape index (κ3) is 3.02. The fraction of sp³-hybridized carbons (Fsp3) is 0.412. The highest BCUT2D eigenvalue weighted by molar-refractivity contribution is 9.11. The Morgan fingerprint density at radius 2 is 1.77 bits per heavy atom. The Balaban J connectivity index is 2.92. The van der Waals surface area contributed by atoms with Crippen LogP contribution in [0.5, 0.6) is 0 Å². The summed E-state index contributed by atoms with van der Waals surface area (Å²) in [6, 6.07) is 6.61. The molecule has 1 amide bonds. The first-order valence-electron chi connectivity index (χ1n) is 7.41. The molecule has 1 aromatic carbocycles. The lowest BCUT2D eigenvalue weighted by atomic mass is 9.85. The van der Waals surface area contributed by atoms with Crippen molar-refractivity contribution in [1.82, 2.24) is 4.90 Å². The lowest BCUT2D eigenvalue weighted by Gasteiger charge is -2.44. The molecule has 0 saturated carbocycles. The van der Waals surface area contributed by atoms with Crippen molar-refractivity contribution in [2.75, 3.05) is 0 Å². The Kier molecular flexibility index (Phi) is 5.46. The van der Waals surface area contributed by atoms with Crippen molar-refractivity contribution < 1.29 is 18.0 Å². The minimum absolute atomic E-state index is 0.237. The molecule has 1 heterocycles. The van der Waals surface area contributed by atoms with E-state index in [0.29, 0.717) is 4.90 Å². The molecule has 0 aliphatic carbocycles. The van der Waals surface area contributed by atoms with E-state index in [-0.39, 0.29) is 16.2 Å². The summed E-state index contributed by atoms with van der Waals surface area (Å²) >= 11 is 14.9. The number of hydrogen-bond acceptors (Lipinski definition) is 2. The number of nitriles is 1. The maximum absolute atomic E-state index is 14.5. The Hall–Kier alpha value is -1.23. The van der Waals surface area contributed by atoms with Gasteiger partial charge in [-0.1, -0.05) is 72.0 Å². The lowest BCUT2D eigenvalue weighted by molar-refractivity contribution is -0.221. The van der Waals surface area contributed by atoms with Gasteiger partial charge in [0.15, 0.2) is 5.54 Å². The molecule has 0 aromatic heterocycles. The molecule has 3 nitrogen and oxygen atoms in total. The first-order chi connectivity index (χ1) is 11.8. The van der Waals surface area contributed by atoms with Crippen molar-refractivity contribution in [3.63, 3.8) is 0 Å². The predicted molar refractivity (Wildman–Crippen MR) is 96.7 cm³/mol. The van der Waals surface area contributed by atoms with E-state index < -0.39 is 33.0 Å². The molecule has 1 aromatic rings. The van der Waals surface area contributed by atoms with Gasteiger partial charge in [0.1, 0.15) is 5.50 Å². The molecule has 0 spiro atoms. The number of halogens is 6. The van der Waals surface area contributed by atoms with E-state index in [1.54, 1.807) is 6.07 Å². The molecular weight excluding hydrogens is 456 g/mol. The van der Waals surface area contributed by atoms with Crippen molar-refractivity contribution in [3.05, 3.63) is 44.9 Å². The van der Waals surface area contributed by atoms with Crippen LogP contribution < -0.4 is 0 Å². The maximum Gasteiger partial charge on any atom is 0.420 e. The number of amides is 1. The van der Waals surface area contributed by atoms with E-state index in [4.69, 9.17) is 23.2 Å². The Labute approximate surface area is 167 Å². The molecule has 2 unspecified atom stereocenters. The van der Waals surface area contributed by atoms with Crippen molar-refractivity contribution in [1.29, 1.82) is 5.26 Å². The van der Waals surface area contributed by atoms with E-state index in [2.05, 4.69) is 15.9 Å². The summed E-state index contributed by atoms with van der Waals surface area (Å²) in [7, 11) is 0. The normalized spacial score (nSPS) is 24.0. The summed E-state index contributed by atoms with van der Waals surface area (Å²) in [6.45, 7) is 4.46. The zero-order chi connectivity index (χ0) is 20.1. The van der Waals surface area contributed by atoms with Gasteiger partial charge in [0, 0.05) is 10.4 Å². The molecule has 9 heteroatoms. The van der Waals surface area contributed by atoms with Crippen LogP contribution in [0, 0.1) is 16.7 Å². The second-order valence-electron chi connectivity index (χ2n) is 6.82. The SMILES string of the molecule is CC(C)(C)C(=O)N1C(Cl)C(C#N)=C(Br)C1(c1ccc(Cl)cc1)C(F)(F)F. The lowest BCUT2D eigenvalue weighted by Crippen LogP contribution is -2.59. The smallest absolute Gasteiger partial charge is 0.298 e. The predicted octanol–water partition coefficient (Wildman–Crippen LogP) is 5.72. The average molecular weight is 470 g/mol. The zero-order valence-corrected chi connectivity index (χ0v) is 17.1. The van der Waals surface area contributed by atoms with Crippen LogP contribution in [-0.4, -0.2) is 22.5 Å². The van der Waals surface area contributed by atoms with Gasteiger partial charge >= 0.3 is 6.18 Å². The molecule has 2 rings (SSSR count). The van der Waals surface area contributed by atoms with Crippen LogP contribution in [0.2, 0.25) is 5.02 Å². The summed E-state index contributed by atoms with van der Waals surface area (Å²) < 4.78 is 42.9. The molecular formula is C17H14BrCl2F3N2O. The number of alkyl halides is 4. The van der Waals surface area contributed by atoms with Gasteiger partial charge in [0.05, 0.1) is 16.1 Å². The van der Waals surface area contributed by atoms with Crippen molar-refractivity contribution in [3.8, 4) is 6.07 Å². The van der Waals surface area contributed by atoms with Gasteiger partial charge in [-0.05, 0) is 17.7 Å². The quantitative estimate of drug-likeness (QED) is 0.389. The minimum atomic E-state index is -4.95. The van der Waals surface area contributed by atoms with Gasteiger partial charge < -0.3 is 0 Å². The average Bonchev–Trinajstić information content (AvgIpc) is 2.73. The summed E-state index contributed by atoms with van der Waals surface area (Å²) in [6.07, 6.45) is -4.95. The minimum Gasteiger partial charge on any atom is -0.298 e. The molecule has 0 radical (unpaired) electrons. The van der Waals surface area contributed by atoms with Crippen LogP contribution in [-0.2, 0) is 10.3 Å². The van der Waals surface area contributed by atoms with Crippen LogP contribution in [0.4, 0.5) is 13.2 Å². The molecule has 1 aliphatic heterocycles. The van der Waals surface area contributed by atoms with Crippen molar-refractivity contribution >= 4 is 45.0 Å². The number of carbonyl (C=O) groups excluding carboxylic acids is 1. The van der Waals surface area contributed by atoms with Crippen molar-refractivity contribution in [2.45, 2.75) is 38.0 Å². The fourth-order valence-electron chi connectivity index (χ4n) is 2.80. The number of rotatable bonds is 1. The van der Waals surface area contributed by atoms with Crippen LogP contribution in [0.1, 0.15) is 26.3 Å². The van der Waals surface area contributed by atoms with Gasteiger partial charge in [-0.15, -0.1) is 0 Å². The van der Waals surface area contributed by atoms with Crippen LogP contribution in [0.3, 0.4) is 0 Å². The Morgan fingerprint density at radius 3 is 2.15 bits per heavy atom. The summed E-state index contributed by atoms with van der Waals surface area (Å²) in [5, 5.41) is 9.59. The van der Waals surface area contributed by atoms with Gasteiger partial charge in [0.2, 0.25) is 5.91 Å². The molecule has 1 aliphatic rings. The largest absolute Gasteiger partial charge is 0.420 e. The number of hydrogen-bond donors (Lipinski definition) is 0. The molecule has 0 fully saturated rings. The molecule has 0 N–H and O–H groups in total. The first-order valence-corrected chi connectivity index (χ1v) is 9.01. The molecule has 2 atom stereocenters. The van der Waals surface area contributed by atoms with E-state index >= 15 is 0 Å². The van der Waals surface area contributed by atoms with Gasteiger partial charge in [0.25, 0.3) is 0 Å². The summed E-state index contributed by atoms with van der Waals surface area (Å²) in [5.74, 6) is -0.841. The number of benzene rings is 1. The second kappa shape index (κ2) is 6.74. The monoisotopic (exact) mass is 468 g/mol. The highest BCUT2D eigenvalue weighted by atomic mass is 79.9. The molecule has 140 valence electrons. The van der Waals surface area contributed by atoms with E-state index in [9.17, 15) is 23.2 Å². The van der Waals surface area contributed by atoms with Gasteiger partial charge in [-0.2, -0.15) is 18.4 Å². The summed E-state index contributed by atoms with van der Waals surface area (Å²) in [5.41, 5.74) is -6.28. The number of carbonyl (C=O) groups is 1. The van der Waals surface area contributed by atoms with Crippen LogP contribution >= 0.6 is 39.1 Å². The third-order valence-electron chi connectivity index (χ3n) is 4.03. The summed E-state index contributed by atoms with van der Waals surface area (Å²) in [4.78, 5) is 13.5.